The van der Waals surface area contributed by atoms with E-state index >= 15 is 0 Å². The van der Waals surface area contributed by atoms with Crippen LogP contribution >= 0.6 is 11.6 Å². The Morgan fingerprint density at radius 1 is 1.38 bits per heavy atom. The van der Waals surface area contributed by atoms with E-state index in [1.54, 1.807) is 25.2 Å². The van der Waals surface area contributed by atoms with Crippen LogP contribution in [0.25, 0.3) is 0 Å². The molecule has 6 heteroatoms. The number of carbonyl (C=O) groups excluding carboxylic acids is 1. The first-order valence-corrected chi connectivity index (χ1v) is 6.69. The standard InChI is InChI=1S/C15H14ClFN2O2/c1-19(15(20)14-9-11(16)5-6-18-14)7-8-21-13-4-2-3-12(17)10-13/h2-6,9-10H,7-8H2,1H3. The van der Waals surface area contributed by atoms with Gasteiger partial charge in [-0.05, 0) is 24.3 Å². The van der Waals surface area contributed by atoms with Crippen LogP contribution in [-0.2, 0) is 0 Å². The molecule has 1 amide bonds. The molecule has 1 aromatic carbocycles. The van der Waals surface area contributed by atoms with Crippen molar-refractivity contribution < 1.29 is 13.9 Å². The number of carbonyl (C=O) groups is 1. The molecular weight excluding hydrogens is 295 g/mol. The minimum atomic E-state index is -0.361. The number of aromatic nitrogens is 1. The van der Waals surface area contributed by atoms with Crippen molar-refractivity contribution in [3.63, 3.8) is 0 Å². The van der Waals surface area contributed by atoms with Crippen LogP contribution in [0.3, 0.4) is 0 Å². The van der Waals surface area contributed by atoms with Crippen LogP contribution in [0.15, 0.2) is 42.6 Å². The third-order valence-electron chi connectivity index (χ3n) is 2.78. The summed E-state index contributed by atoms with van der Waals surface area (Å²) in [7, 11) is 1.64. The lowest BCUT2D eigenvalue weighted by atomic mass is 10.3. The van der Waals surface area contributed by atoms with Gasteiger partial charge in [-0.15, -0.1) is 0 Å². The van der Waals surface area contributed by atoms with Crippen LogP contribution in [0, 0.1) is 5.82 Å². The number of pyridine rings is 1. The number of halogens is 2. The number of rotatable bonds is 5. The number of benzene rings is 1. The molecule has 0 bridgehead atoms. The Hall–Kier alpha value is -2.14. The van der Waals surface area contributed by atoms with Gasteiger partial charge in [0.15, 0.2) is 0 Å². The number of amides is 1. The van der Waals surface area contributed by atoms with Crippen LogP contribution in [0.5, 0.6) is 5.75 Å². The smallest absolute Gasteiger partial charge is 0.272 e. The zero-order valence-corrected chi connectivity index (χ0v) is 12.2. The monoisotopic (exact) mass is 308 g/mol. The second-order valence-electron chi connectivity index (χ2n) is 4.39. The highest BCUT2D eigenvalue weighted by Crippen LogP contribution is 2.12. The lowest BCUT2D eigenvalue weighted by Crippen LogP contribution is -2.31. The molecule has 0 aliphatic heterocycles. The first kappa shape index (κ1) is 15.3. The maximum absolute atomic E-state index is 13.0. The largest absolute Gasteiger partial charge is 0.492 e. The molecule has 0 aliphatic rings. The highest BCUT2D eigenvalue weighted by molar-refractivity contribution is 6.30. The zero-order chi connectivity index (χ0) is 15.2. The number of likely N-dealkylation sites (N-methyl/N-ethyl adjacent to an activating group) is 1. The lowest BCUT2D eigenvalue weighted by Gasteiger charge is -2.17. The summed E-state index contributed by atoms with van der Waals surface area (Å²) in [5.74, 6) is -0.183. The Kier molecular flexibility index (Phi) is 5.11. The van der Waals surface area contributed by atoms with E-state index in [0.29, 0.717) is 17.3 Å². The van der Waals surface area contributed by atoms with E-state index in [1.807, 2.05) is 0 Å². The fourth-order valence-electron chi connectivity index (χ4n) is 1.68. The van der Waals surface area contributed by atoms with Gasteiger partial charge < -0.3 is 9.64 Å². The van der Waals surface area contributed by atoms with Crippen LogP contribution in [-0.4, -0.2) is 36.0 Å². The van der Waals surface area contributed by atoms with E-state index in [0.717, 1.165) is 0 Å². The van der Waals surface area contributed by atoms with Crippen LogP contribution in [0.2, 0.25) is 5.02 Å². The Bertz CT molecular complexity index is 637. The molecule has 1 aromatic heterocycles. The number of hydrogen-bond acceptors (Lipinski definition) is 3. The third-order valence-corrected chi connectivity index (χ3v) is 3.01. The Labute approximate surface area is 127 Å². The van der Waals surface area contributed by atoms with Crippen LogP contribution in [0.4, 0.5) is 4.39 Å². The summed E-state index contributed by atoms with van der Waals surface area (Å²) in [5, 5.41) is 0.456. The van der Waals surface area contributed by atoms with Gasteiger partial charge in [-0.1, -0.05) is 17.7 Å². The molecule has 0 unspecified atom stereocenters. The summed E-state index contributed by atoms with van der Waals surface area (Å²) in [6.07, 6.45) is 1.48. The van der Waals surface area contributed by atoms with E-state index in [2.05, 4.69) is 4.98 Å². The maximum Gasteiger partial charge on any atom is 0.272 e. The molecule has 0 spiro atoms. The molecule has 0 saturated carbocycles. The van der Waals surface area contributed by atoms with Crippen LogP contribution < -0.4 is 4.74 Å². The maximum atomic E-state index is 13.0. The van der Waals surface area contributed by atoms with E-state index < -0.39 is 0 Å². The molecule has 1 heterocycles. The first-order chi connectivity index (χ1) is 10.1. The molecular formula is C15H14ClFN2O2. The van der Waals surface area contributed by atoms with Crippen molar-refractivity contribution >= 4 is 17.5 Å². The van der Waals surface area contributed by atoms with Gasteiger partial charge in [0.05, 0.1) is 6.54 Å². The third kappa shape index (κ3) is 4.43. The van der Waals surface area contributed by atoms with Crippen molar-refractivity contribution in [1.29, 1.82) is 0 Å². The molecule has 2 rings (SSSR count). The topological polar surface area (TPSA) is 42.4 Å². The molecule has 110 valence electrons. The Morgan fingerprint density at radius 3 is 2.90 bits per heavy atom. The molecule has 21 heavy (non-hydrogen) atoms. The van der Waals surface area contributed by atoms with Crippen molar-refractivity contribution in [2.45, 2.75) is 0 Å². The molecule has 0 atom stereocenters. The predicted octanol–water partition coefficient (Wildman–Crippen LogP) is 3.03. The van der Waals surface area contributed by atoms with Crippen molar-refractivity contribution in [1.82, 2.24) is 9.88 Å². The van der Waals surface area contributed by atoms with Gasteiger partial charge in [0.1, 0.15) is 23.9 Å². The van der Waals surface area contributed by atoms with E-state index in [1.165, 1.54) is 29.3 Å². The molecule has 2 aromatic rings. The van der Waals surface area contributed by atoms with Gasteiger partial charge in [-0.3, -0.25) is 9.78 Å². The van der Waals surface area contributed by atoms with E-state index in [-0.39, 0.29) is 24.0 Å². The van der Waals surface area contributed by atoms with Crippen LogP contribution in [0.1, 0.15) is 10.5 Å². The number of hydrogen-bond donors (Lipinski definition) is 0. The SMILES string of the molecule is CN(CCOc1cccc(F)c1)C(=O)c1cc(Cl)ccn1. The summed E-state index contributed by atoms with van der Waals surface area (Å²) < 4.78 is 18.4. The highest BCUT2D eigenvalue weighted by Gasteiger charge is 2.13. The number of ether oxygens (including phenoxy) is 1. The average Bonchev–Trinajstić information content (AvgIpc) is 2.46. The second-order valence-corrected chi connectivity index (χ2v) is 4.83. The van der Waals surface area contributed by atoms with Crippen molar-refractivity contribution in [2.75, 3.05) is 20.2 Å². The minimum absolute atomic E-state index is 0.250. The average molecular weight is 309 g/mol. The zero-order valence-electron chi connectivity index (χ0n) is 11.4. The van der Waals surface area contributed by atoms with Gasteiger partial charge in [0.2, 0.25) is 0 Å². The van der Waals surface area contributed by atoms with Gasteiger partial charge in [0, 0.05) is 24.3 Å². The fraction of sp³-hybridized carbons (Fsp3) is 0.200. The summed E-state index contributed by atoms with van der Waals surface area (Å²) in [6.45, 7) is 0.607. The van der Waals surface area contributed by atoms with Gasteiger partial charge >= 0.3 is 0 Å². The molecule has 0 radical (unpaired) electrons. The predicted molar refractivity (Wildman–Crippen MR) is 78.1 cm³/mol. The van der Waals surface area contributed by atoms with Gasteiger partial charge in [-0.25, -0.2) is 4.39 Å². The normalized spacial score (nSPS) is 10.2. The van der Waals surface area contributed by atoms with E-state index in [9.17, 15) is 9.18 Å². The molecule has 4 nitrogen and oxygen atoms in total. The first-order valence-electron chi connectivity index (χ1n) is 6.31. The summed E-state index contributed by atoms with van der Waals surface area (Å²) >= 11 is 5.82. The Morgan fingerprint density at radius 2 is 2.19 bits per heavy atom. The minimum Gasteiger partial charge on any atom is -0.492 e. The quantitative estimate of drug-likeness (QED) is 0.852. The molecule has 0 aliphatic carbocycles. The fourth-order valence-corrected chi connectivity index (χ4v) is 1.84. The highest BCUT2D eigenvalue weighted by atomic mass is 35.5. The van der Waals surface area contributed by atoms with Crippen molar-refractivity contribution in [2.24, 2.45) is 0 Å². The van der Waals surface area contributed by atoms with Gasteiger partial charge in [-0.2, -0.15) is 0 Å². The molecule has 0 N–H and O–H groups in total. The summed E-state index contributed by atoms with van der Waals surface area (Å²) in [5.41, 5.74) is 0.274. The number of nitrogens with zero attached hydrogens (tertiary/aromatic N) is 2. The summed E-state index contributed by atoms with van der Waals surface area (Å²) in [6, 6.07) is 8.96. The lowest BCUT2D eigenvalue weighted by molar-refractivity contribution is 0.0768. The van der Waals surface area contributed by atoms with Crippen molar-refractivity contribution in [3.8, 4) is 5.75 Å². The molecule has 0 fully saturated rings. The van der Waals surface area contributed by atoms with Gasteiger partial charge in [0.25, 0.3) is 5.91 Å². The Balaban J connectivity index is 1.87. The molecule has 0 saturated heterocycles. The van der Waals surface area contributed by atoms with E-state index in [4.69, 9.17) is 16.3 Å². The second kappa shape index (κ2) is 7.04. The van der Waals surface area contributed by atoms with Crippen molar-refractivity contribution in [3.05, 3.63) is 59.1 Å². The summed E-state index contributed by atoms with van der Waals surface area (Å²) in [4.78, 5) is 17.5.